The fraction of sp³-hybridized carbons (Fsp3) is 0. The average molecular weight is 499 g/mol. The summed E-state index contributed by atoms with van der Waals surface area (Å²) in [6, 6.07) is 30.6. The van der Waals surface area contributed by atoms with Crippen molar-refractivity contribution in [3.63, 3.8) is 0 Å². The molecule has 6 heteroatoms. The fourth-order valence-electron chi connectivity index (χ4n) is 5.02. The molecule has 0 unspecified atom stereocenters. The van der Waals surface area contributed by atoms with Crippen molar-refractivity contribution in [1.82, 2.24) is 18.8 Å². The van der Waals surface area contributed by atoms with Crippen molar-refractivity contribution in [2.75, 3.05) is 0 Å². The Labute approximate surface area is 214 Å². The molecule has 0 bridgehead atoms. The summed E-state index contributed by atoms with van der Waals surface area (Å²) < 4.78 is 4.33. The molecule has 8 aromatic rings. The molecule has 8 rings (SSSR count). The van der Waals surface area contributed by atoms with Gasteiger partial charge in [0.15, 0.2) is 9.92 Å². The lowest BCUT2D eigenvalue weighted by Gasteiger charge is -2.09. The number of aromatic nitrogens is 4. The predicted molar refractivity (Wildman–Crippen MR) is 151 cm³/mol. The molecule has 0 fully saturated rings. The van der Waals surface area contributed by atoms with Crippen molar-refractivity contribution in [3.05, 3.63) is 108 Å². The van der Waals surface area contributed by atoms with Crippen molar-refractivity contribution in [1.29, 1.82) is 0 Å². The Kier molecular flexibility index (Phi) is 4.23. The quantitative estimate of drug-likeness (QED) is 0.245. The smallest absolute Gasteiger partial charge is 0.194 e. The van der Waals surface area contributed by atoms with Gasteiger partial charge in [-0.25, -0.2) is 9.97 Å². The van der Waals surface area contributed by atoms with E-state index in [0.717, 1.165) is 32.0 Å². The van der Waals surface area contributed by atoms with Gasteiger partial charge in [0.25, 0.3) is 0 Å². The number of hydrogen-bond donors (Lipinski definition) is 0. The summed E-state index contributed by atoms with van der Waals surface area (Å²) in [5.41, 5.74) is 11.5. The van der Waals surface area contributed by atoms with Crippen LogP contribution in [-0.4, -0.2) is 18.8 Å². The fourth-order valence-corrected chi connectivity index (χ4v) is 6.47. The van der Waals surface area contributed by atoms with Gasteiger partial charge in [-0.05, 0) is 69.8 Å². The molecular weight excluding hydrogens is 480 g/mol. The van der Waals surface area contributed by atoms with Gasteiger partial charge < -0.3 is 0 Å². The predicted octanol–water partition coefficient (Wildman–Crippen LogP) is 8.41. The van der Waals surface area contributed by atoms with Crippen molar-refractivity contribution in [3.8, 4) is 33.4 Å². The maximum atomic E-state index is 4.72. The largest absolute Gasteiger partial charge is 0.290 e. The zero-order chi connectivity index (χ0) is 23.6. The van der Waals surface area contributed by atoms with E-state index < -0.39 is 0 Å². The Morgan fingerprint density at radius 1 is 0.472 bits per heavy atom. The van der Waals surface area contributed by atoms with Gasteiger partial charge >= 0.3 is 0 Å². The van der Waals surface area contributed by atoms with Crippen LogP contribution in [-0.2, 0) is 0 Å². The topological polar surface area (TPSA) is 34.6 Å². The van der Waals surface area contributed by atoms with Gasteiger partial charge in [-0.1, -0.05) is 48.5 Å². The van der Waals surface area contributed by atoms with Crippen LogP contribution in [0.25, 0.3) is 65.4 Å². The van der Waals surface area contributed by atoms with Crippen LogP contribution < -0.4 is 0 Å². The third-order valence-electron chi connectivity index (χ3n) is 6.81. The van der Waals surface area contributed by atoms with Gasteiger partial charge in [0.2, 0.25) is 0 Å². The summed E-state index contributed by atoms with van der Waals surface area (Å²) in [5.74, 6) is 0. The molecular formula is C30H18N4S2. The third-order valence-corrected chi connectivity index (χ3v) is 8.32. The van der Waals surface area contributed by atoms with E-state index in [1.165, 1.54) is 33.4 Å². The van der Waals surface area contributed by atoms with Crippen molar-refractivity contribution in [2.24, 2.45) is 0 Å². The molecule has 36 heavy (non-hydrogen) atoms. The first-order valence-electron chi connectivity index (χ1n) is 11.7. The second-order valence-corrected chi connectivity index (χ2v) is 10.6. The molecule has 0 atom stereocenters. The first kappa shape index (κ1) is 20.0. The first-order chi connectivity index (χ1) is 17.8. The van der Waals surface area contributed by atoms with E-state index in [-0.39, 0.29) is 0 Å². The lowest BCUT2D eigenvalue weighted by molar-refractivity contribution is 1.28. The molecule has 0 saturated carbocycles. The minimum atomic E-state index is 1.03. The van der Waals surface area contributed by atoms with E-state index in [0.29, 0.717) is 0 Å². The highest BCUT2D eigenvalue weighted by molar-refractivity contribution is 7.15. The van der Waals surface area contributed by atoms with Crippen molar-refractivity contribution < 1.29 is 0 Å². The van der Waals surface area contributed by atoms with Crippen LogP contribution in [0.3, 0.4) is 0 Å². The monoisotopic (exact) mass is 498 g/mol. The summed E-state index contributed by atoms with van der Waals surface area (Å²) in [7, 11) is 0. The van der Waals surface area contributed by atoms with Gasteiger partial charge in [0, 0.05) is 23.2 Å². The van der Waals surface area contributed by atoms with E-state index in [1.54, 1.807) is 22.7 Å². The van der Waals surface area contributed by atoms with Gasteiger partial charge in [0.05, 0.1) is 22.1 Å². The maximum absolute atomic E-state index is 4.72. The number of nitrogens with zero attached hydrogens (tertiary/aromatic N) is 4. The lowest BCUT2D eigenvalue weighted by Crippen LogP contribution is -1.85. The Morgan fingerprint density at radius 2 is 0.889 bits per heavy atom. The molecule has 4 nitrogen and oxygen atoms in total. The molecule has 170 valence electrons. The number of hydrogen-bond acceptors (Lipinski definition) is 4. The molecule has 4 aromatic carbocycles. The molecule has 0 aliphatic heterocycles. The summed E-state index contributed by atoms with van der Waals surface area (Å²) in [5, 5.41) is 4.16. The minimum absolute atomic E-state index is 1.03. The van der Waals surface area contributed by atoms with Crippen LogP contribution in [0.1, 0.15) is 0 Å². The zero-order valence-electron chi connectivity index (χ0n) is 19.0. The van der Waals surface area contributed by atoms with Gasteiger partial charge in [-0.3, -0.25) is 8.80 Å². The summed E-state index contributed by atoms with van der Waals surface area (Å²) in [6.07, 6.45) is 4.18. The molecule has 0 aliphatic carbocycles. The Morgan fingerprint density at radius 3 is 1.33 bits per heavy atom. The second kappa shape index (κ2) is 7.62. The molecule has 4 heterocycles. The molecule has 0 radical (unpaired) electrons. The average Bonchev–Trinajstić information content (AvgIpc) is 3.70. The van der Waals surface area contributed by atoms with Gasteiger partial charge in [-0.2, -0.15) is 0 Å². The van der Waals surface area contributed by atoms with Crippen LogP contribution >= 0.6 is 22.7 Å². The zero-order valence-corrected chi connectivity index (χ0v) is 20.6. The highest BCUT2D eigenvalue weighted by atomic mass is 32.1. The highest BCUT2D eigenvalue weighted by Crippen LogP contribution is 2.33. The van der Waals surface area contributed by atoms with E-state index >= 15 is 0 Å². The van der Waals surface area contributed by atoms with Gasteiger partial charge in [0.1, 0.15) is 0 Å². The number of imidazole rings is 2. The van der Waals surface area contributed by atoms with Crippen LogP contribution in [0.5, 0.6) is 0 Å². The lowest BCUT2D eigenvalue weighted by atomic mass is 9.96. The maximum Gasteiger partial charge on any atom is 0.194 e. The SMILES string of the molecule is c1cc(-c2cccc(-c3ccc4nc5sccn5c4c3)c2)cc(-c2ccc3nc4sccn4c3c2)c1. The molecule has 4 aromatic heterocycles. The van der Waals surface area contributed by atoms with Crippen molar-refractivity contribution in [2.45, 2.75) is 0 Å². The summed E-state index contributed by atoms with van der Waals surface area (Å²) in [4.78, 5) is 11.5. The highest BCUT2D eigenvalue weighted by Gasteiger charge is 2.10. The second-order valence-electron chi connectivity index (χ2n) is 8.90. The van der Waals surface area contributed by atoms with Crippen LogP contribution in [0.2, 0.25) is 0 Å². The molecule has 0 spiro atoms. The molecule has 0 saturated heterocycles. The molecule has 0 aliphatic rings. The Balaban J connectivity index is 1.20. The van der Waals surface area contributed by atoms with Gasteiger partial charge in [-0.15, -0.1) is 22.7 Å². The van der Waals surface area contributed by atoms with Crippen LogP contribution in [0, 0.1) is 0 Å². The van der Waals surface area contributed by atoms with Crippen LogP contribution in [0.4, 0.5) is 0 Å². The van der Waals surface area contributed by atoms with Crippen molar-refractivity contribution >= 4 is 54.7 Å². The van der Waals surface area contributed by atoms with E-state index in [1.807, 2.05) is 0 Å². The Bertz CT molecular complexity index is 1920. The number of benzene rings is 4. The van der Waals surface area contributed by atoms with Crippen LogP contribution in [0.15, 0.2) is 108 Å². The molecule has 0 N–H and O–H groups in total. The normalized spacial score (nSPS) is 11.9. The first-order valence-corrected chi connectivity index (χ1v) is 13.5. The van der Waals surface area contributed by atoms with E-state index in [4.69, 9.17) is 9.97 Å². The number of fused-ring (bicyclic) bond motifs is 6. The number of rotatable bonds is 3. The molecule has 0 amide bonds. The summed E-state index contributed by atoms with van der Waals surface area (Å²) in [6.45, 7) is 0. The van der Waals surface area contributed by atoms with E-state index in [9.17, 15) is 0 Å². The van der Waals surface area contributed by atoms with E-state index in [2.05, 4.69) is 117 Å². The number of thiazole rings is 2. The third kappa shape index (κ3) is 3.05. The standard InChI is InChI=1S/C30H18N4S2/c1-3-19(15-21(5-1)23-7-9-25-27(17-23)33-11-13-35-29(33)31-25)20-4-2-6-22(16-20)24-8-10-26-28(18-24)34-12-14-36-30(34)32-26/h1-18H. The Hall–Kier alpha value is -4.26. The summed E-state index contributed by atoms with van der Waals surface area (Å²) >= 11 is 3.33. The minimum Gasteiger partial charge on any atom is -0.290 e.